The summed E-state index contributed by atoms with van der Waals surface area (Å²) in [5.41, 5.74) is 1.65. The molecule has 1 aliphatic rings. The van der Waals surface area contributed by atoms with Gasteiger partial charge < -0.3 is 10.6 Å². The zero-order valence-electron chi connectivity index (χ0n) is 14.1. The van der Waals surface area contributed by atoms with Crippen LogP contribution in [-0.4, -0.2) is 18.9 Å². The fourth-order valence-corrected chi connectivity index (χ4v) is 3.23. The van der Waals surface area contributed by atoms with Crippen molar-refractivity contribution in [3.63, 3.8) is 0 Å². The molecule has 0 saturated heterocycles. The van der Waals surface area contributed by atoms with E-state index in [1.54, 1.807) is 19.2 Å². The van der Waals surface area contributed by atoms with Crippen molar-refractivity contribution in [2.45, 2.75) is 57.9 Å². The first-order valence-corrected chi connectivity index (χ1v) is 8.77. The smallest absolute Gasteiger partial charge is 0.251 e. The lowest BCUT2D eigenvalue weighted by atomic mass is 9.86. The van der Waals surface area contributed by atoms with Crippen molar-refractivity contribution in [2.75, 3.05) is 7.05 Å². The third kappa shape index (κ3) is 6.05. The molecule has 1 aromatic rings. The third-order valence-electron chi connectivity index (χ3n) is 4.67. The second-order valence-corrected chi connectivity index (χ2v) is 6.45. The Morgan fingerprint density at radius 2 is 1.78 bits per heavy atom. The van der Waals surface area contributed by atoms with E-state index >= 15 is 0 Å². The molecule has 0 atom stereocenters. The van der Waals surface area contributed by atoms with Gasteiger partial charge in [0.05, 0.1) is 0 Å². The van der Waals surface area contributed by atoms with Gasteiger partial charge in [0.25, 0.3) is 5.91 Å². The molecule has 2 rings (SSSR count). The first kappa shape index (κ1) is 17.5. The van der Waals surface area contributed by atoms with E-state index < -0.39 is 0 Å². The monoisotopic (exact) mass is 316 g/mol. The number of carbonyl (C=O) groups is 2. The maximum absolute atomic E-state index is 11.9. The third-order valence-corrected chi connectivity index (χ3v) is 4.67. The fourth-order valence-electron chi connectivity index (χ4n) is 3.23. The molecule has 0 unspecified atom stereocenters. The van der Waals surface area contributed by atoms with Crippen molar-refractivity contribution in [1.29, 1.82) is 0 Å². The molecule has 0 aliphatic heterocycles. The van der Waals surface area contributed by atoms with Crippen LogP contribution < -0.4 is 10.6 Å². The Kier molecular flexibility index (Phi) is 7.11. The standard InChI is InChI=1S/C19H28N2O2/c1-20-19(23)17-12-10-16(11-13-17)14-21-18(22)9-5-8-15-6-3-2-4-7-15/h10-13,15H,2-9,14H2,1H3,(H,20,23)(H,21,22). The molecule has 0 radical (unpaired) electrons. The van der Waals surface area contributed by atoms with E-state index in [0.29, 0.717) is 18.5 Å². The van der Waals surface area contributed by atoms with Gasteiger partial charge in [0.15, 0.2) is 0 Å². The summed E-state index contributed by atoms with van der Waals surface area (Å²) < 4.78 is 0. The highest BCUT2D eigenvalue weighted by molar-refractivity contribution is 5.93. The Balaban J connectivity index is 1.64. The maximum atomic E-state index is 11.9. The van der Waals surface area contributed by atoms with Crippen LogP contribution in [0.3, 0.4) is 0 Å². The molecule has 0 aromatic heterocycles. The molecule has 2 N–H and O–H groups in total. The minimum atomic E-state index is -0.0942. The van der Waals surface area contributed by atoms with Crippen LogP contribution in [0.25, 0.3) is 0 Å². The predicted molar refractivity (Wildman–Crippen MR) is 92.1 cm³/mol. The van der Waals surface area contributed by atoms with E-state index in [-0.39, 0.29) is 11.8 Å². The number of carbonyl (C=O) groups excluding carboxylic acids is 2. The number of nitrogens with one attached hydrogen (secondary N) is 2. The van der Waals surface area contributed by atoms with E-state index in [9.17, 15) is 9.59 Å². The Morgan fingerprint density at radius 3 is 2.43 bits per heavy atom. The molecule has 1 aliphatic carbocycles. The van der Waals surface area contributed by atoms with Gasteiger partial charge in [-0.1, -0.05) is 44.2 Å². The molecule has 0 heterocycles. The van der Waals surface area contributed by atoms with Crippen LogP contribution in [-0.2, 0) is 11.3 Å². The summed E-state index contributed by atoms with van der Waals surface area (Å²) in [6.07, 6.45) is 9.60. The Morgan fingerprint density at radius 1 is 1.09 bits per heavy atom. The SMILES string of the molecule is CNC(=O)c1ccc(CNC(=O)CCCC2CCCCC2)cc1. The topological polar surface area (TPSA) is 58.2 Å². The first-order chi connectivity index (χ1) is 11.2. The van der Waals surface area contributed by atoms with E-state index in [0.717, 1.165) is 17.9 Å². The highest BCUT2D eigenvalue weighted by Crippen LogP contribution is 2.27. The van der Waals surface area contributed by atoms with E-state index in [1.807, 2.05) is 12.1 Å². The highest BCUT2D eigenvalue weighted by Gasteiger charge is 2.13. The summed E-state index contributed by atoms with van der Waals surface area (Å²) in [6, 6.07) is 7.33. The van der Waals surface area contributed by atoms with Crippen molar-refractivity contribution < 1.29 is 9.59 Å². The van der Waals surface area contributed by atoms with Crippen LogP contribution >= 0.6 is 0 Å². The normalized spacial score (nSPS) is 15.2. The average Bonchev–Trinajstić information content (AvgIpc) is 2.60. The lowest BCUT2D eigenvalue weighted by Gasteiger charge is -2.21. The number of benzene rings is 1. The van der Waals surface area contributed by atoms with Gasteiger partial charge in [-0.05, 0) is 36.5 Å². The molecule has 1 fully saturated rings. The van der Waals surface area contributed by atoms with Crippen LogP contribution in [0, 0.1) is 5.92 Å². The van der Waals surface area contributed by atoms with Crippen LogP contribution in [0.4, 0.5) is 0 Å². The molecular formula is C19H28N2O2. The van der Waals surface area contributed by atoms with E-state index in [1.165, 1.54) is 38.5 Å². The van der Waals surface area contributed by atoms with Gasteiger partial charge in [-0.25, -0.2) is 0 Å². The maximum Gasteiger partial charge on any atom is 0.251 e. The van der Waals surface area contributed by atoms with Gasteiger partial charge in [0.1, 0.15) is 0 Å². The van der Waals surface area contributed by atoms with E-state index in [2.05, 4.69) is 10.6 Å². The van der Waals surface area contributed by atoms with Crippen molar-refractivity contribution >= 4 is 11.8 Å². The number of hydrogen-bond donors (Lipinski definition) is 2. The zero-order chi connectivity index (χ0) is 16.5. The van der Waals surface area contributed by atoms with Crippen molar-refractivity contribution in [3.8, 4) is 0 Å². The Hall–Kier alpha value is -1.84. The molecule has 4 nitrogen and oxygen atoms in total. The van der Waals surface area contributed by atoms with Crippen LogP contribution in [0.1, 0.15) is 67.3 Å². The van der Waals surface area contributed by atoms with Gasteiger partial charge in [0.2, 0.25) is 5.91 Å². The summed E-state index contributed by atoms with van der Waals surface area (Å²) in [5, 5.41) is 5.55. The summed E-state index contributed by atoms with van der Waals surface area (Å²) in [5.74, 6) is 0.869. The van der Waals surface area contributed by atoms with Crippen LogP contribution in [0.15, 0.2) is 24.3 Å². The van der Waals surface area contributed by atoms with Gasteiger partial charge in [-0.2, -0.15) is 0 Å². The summed E-state index contributed by atoms with van der Waals surface area (Å²) in [7, 11) is 1.61. The average molecular weight is 316 g/mol. The molecule has 4 heteroatoms. The summed E-state index contributed by atoms with van der Waals surface area (Å²) >= 11 is 0. The molecule has 23 heavy (non-hydrogen) atoms. The summed E-state index contributed by atoms with van der Waals surface area (Å²) in [6.45, 7) is 0.524. The van der Waals surface area contributed by atoms with Gasteiger partial charge in [-0.15, -0.1) is 0 Å². The van der Waals surface area contributed by atoms with Crippen molar-refractivity contribution in [2.24, 2.45) is 5.92 Å². The van der Waals surface area contributed by atoms with Crippen molar-refractivity contribution in [1.82, 2.24) is 10.6 Å². The zero-order valence-corrected chi connectivity index (χ0v) is 14.1. The second-order valence-electron chi connectivity index (χ2n) is 6.45. The fraction of sp³-hybridized carbons (Fsp3) is 0.579. The second kappa shape index (κ2) is 9.33. The van der Waals surface area contributed by atoms with Gasteiger partial charge >= 0.3 is 0 Å². The summed E-state index contributed by atoms with van der Waals surface area (Å²) in [4.78, 5) is 23.4. The minimum absolute atomic E-state index is 0.0942. The minimum Gasteiger partial charge on any atom is -0.355 e. The predicted octanol–water partition coefficient (Wildman–Crippen LogP) is 3.41. The molecule has 2 amide bonds. The Bertz CT molecular complexity index is 505. The van der Waals surface area contributed by atoms with Crippen LogP contribution in [0.2, 0.25) is 0 Å². The Labute approximate surface area is 139 Å². The van der Waals surface area contributed by atoms with Gasteiger partial charge in [-0.3, -0.25) is 9.59 Å². The molecular weight excluding hydrogens is 288 g/mol. The quantitative estimate of drug-likeness (QED) is 0.810. The first-order valence-electron chi connectivity index (χ1n) is 8.77. The highest BCUT2D eigenvalue weighted by atomic mass is 16.2. The van der Waals surface area contributed by atoms with Crippen molar-refractivity contribution in [3.05, 3.63) is 35.4 Å². The number of rotatable bonds is 7. The molecule has 1 saturated carbocycles. The largest absolute Gasteiger partial charge is 0.355 e. The lowest BCUT2D eigenvalue weighted by molar-refractivity contribution is -0.121. The molecule has 0 bridgehead atoms. The molecule has 0 spiro atoms. The van der Waals surface area contributed by atoms with Crippen LogP contribution in [0.5, 0.6) is 0 Å². The molecule has 126 valence electrons. The number of hydrogen-bond acceptors (Lipinski definition) is 2. The molecule has 1 aromatic carbocycles. The van der Waals surface area contributed by atoms with E-state index in [4.69, 9.17) is 0 Å². The lowest BCUT2D eigenvalue weighted by Crippen LogP contribution is -2.23. The number of amides is 2. The van der Waals surface area contributed by atoms with Gasteiger partial charge in [0, 0.05) is 25.6 Å².